The van der Waals surface area contributed by atoms with Crippen LogP contribution in [-0.4, -0.2) is 12.6 Å². The predicted octanol–water partition coefficient (Wildman–Crippen LogP) is 4.25. The zero-order valence-electron chi connectivity index (χ0n) is 13.1. The van der Waals surface area contributed by atoms with Gasteiger partial charge in [-0.3, -0.25) is 0 Å². The van der Waals surface area contributed by atoms with Crippen LogP contribution in [0.2, 0.25) is 0 Å². The summed E-state index contributed by atoms with van der Waals surface area (Å²) < 4.78 is 0. The molecule has 0 bridgehead atoms. The first-order valence-corrected chi connectivity index (χ1v) is 7.94. The SMILES string of the molecule is Cc1ccccc1[C@H](C)NC(=O)NCCC1=CCCCC1. The van der Waals surface area contributed by atoms with Crippen LogP contribution < -0.4 is 10.6 Å². The van der Waals surface area contributed by atoms with Crippen LogP contribution in [0.3, 0.4) is 0 Å². The largest absolute Gasteiger partial charge is 0.338 e. The molecule has 1 aromatic carbocycles. The molecule has 3 nitrogen and oxygen atoms in total. The number of rotatable bonds is 5. The molecule has 0 spiro atoms. The van der Waals surface area contributed by atoms with Crippen LogP contribution in [0.5, 0.6) is 0 Å². The maximum absolute atomic E-state index is 11.9. The highest BCUT2D eigenvalue weighted by Crippen LogP contribution is 2.19. The van der Waals surface area contributed by atoms with E-state index < -0.39 is 0 Å². The molecule has 0 radical (unpaired) electrons. The summed E-state index contributed by atoms with van der Waals surface area (Å²) in [5.41, 5.74) is 3.87. The van der Waals surface area contributed by atoms with Gasteiger partial charge < -0.3 is 10.6 Å². The van der Waals surface area contributed by atoms with Crippen molar-refractivity contribution in [3.05, 3.63) is 47.0 Å². The van der Waals surface area contributed by atoms with Gasteiger partial charge in [0.2, 0.25) is 0 Å². The second-order valence-electron chi connectivity index (χ2n) is 5.84. The van der Waals surface area contributed by atoms with Crippen molar-refractivity contribution < 1.29 is 4.79 Å². The van der Waals surface area contributed by atoms with Gasteiger partial charge in [0.25, 0.3) is 0 Å². The Morgan fingerprint density at radius 3 is 2.81 bits per heavy atom. The predicted molar refractivity (Wildman–Crippen MR) is 87.3 cm³/mol. The highest BCUT2D eigenvalue weighted by Gasteiger charge is 2.11. The smallest absolute Gasteiger partial charge is 0.315 e. The summed E-state index contributed by atoms with van der Waals surface area (Å²) in [5.74, 6) is 0. The lowest BCUT2D eigenvalue weighted by molar-refractivity contribution is 0.238. The third-order valence-corrected chi connectivity index (χ3v) is 4.12. The Hall–Kier alpha value is -1.77. The van der Waals surface area contributed by atoms with Crippen molar-refractivity contribution in [2.45, 2.75) is 52.0 Å². The van der Waals surface area contributed by atoms with Gasteiger partial charge in [0.05, 0.1) is 6.04 Å². The van der Waals surface area contributed by atoms with E-state index in [1.807, 2.05) is 19.1 Å². The Morgan fingerprint density at radius 1 is 1.29 bits per heavy atom. The molecule has 1 atom stereocenters. The first-order valence-electron chi connectivity index (χ1n) is 7.94. The van der Waals surface area contributed by atoms with E-state index in [-0.39, 0.29) is 12.1 Å². The Kier molecular flexibility index (Phi) is 5.85. The van der Waals surface area contributed by atoms with Crippen molar-refractivity contribution in [2.24, 2.45) is 0 Å². The summed E-state index contributed by atoms with van der Waals surface area (Å²) in [6.45, 7) is 4.81. The van der Waals surface area contributed by atoms with Crippen LogP contribution in [0.25, 0.3) is 0 Å². The minimum absolute atomic E-state index is 0.0279. The van der Waals surface area contributed by atoms with Gasteiger partial charge in [-0.15, -0.1) is 0 Å². The zero-order valence-corrected chi connectivity index (χ0v) is 13.1. The van der Waals surface area contributed by atoms with Crippen LogP contribution in [0, 0.1) is 6.92 Å². The van der Waals surface area contributed by atoms with E-state index in [1.54, 1.807) is 0 Å². The van der Waals surface area contributed by atoms with Crippen LogP contribution in [0.15, 0.2) is 35.9 Å². The van der Waals surface area contributed by atoms with Crippen molar-refractivity contribution in [1.29, 1.82) is 0 Å². The Bertz CT molecular complexity index is 508. The van der Waals surface area contributed by atoms with Gasteiger partial charge in [-0.25, -0.2) is 4.79 Å². The van der Waals surface area contributed by atoms with Gasteiger partial charge in [-0.1, -0.05) is 35.9 Å². The second kappa shape index (κ2) is 7.87. The van der Waals surface area contributed by atoms with Crippen LogP contribution in [-0.2, 0) is 0 Å². The molecule has 0 unspecified atom stereocenters. The van der Waals surface area contributed by atoms with E-state index >= 15 is 0 Å². The highest BCUT2D eigenvalue weighted by molar-refractivity contribution is 5.74. The van der Waals surface area contributed by atoms with Crippen LogP contribution in [0.4, 0.5) is 4.79 Å². The second-order valence-corrected chi connectivity index (χ2v) is 5.84. The molecule has 0 saturated carbocycles. The van der Waals surface area contributed by atoms with Gasteiger partial charge in [-0.2, -0.15) is 0 Å². The molecule has 2 N–H and O–H groups in total. The van der Waals surface area contributed by atoms with Gasteiger partial charge >= 0.3 is 6.03 Å². The number of allylic oxidation sites excluding steroid dienone is 1. The first-order chi connectivity index (χ1) is 10.2. The number of hydrogen-bond donors (Lipinski definition) is 2. The van der Waals surface area contributed by atoms with E-state index in [1.165, 1.54) is 42.4 Å². The van der Waals surface area contributed by atoms with E-state index in [9.17, 15) is 4.79 Å². The topological polar surface area (TPSA) is 41.1 Å². The van der Waals surface area contributed by atoms with Crippen molar-refractivity contribution in [2.75, 3.05) is 6.54 Å². The summed E-state index contributed by atoms with van der Waals surface area (Å²) >= 11 is 0. The number of carbonyl (C=O) groups is 1. The summed E-state index contributed by atoms with van der Waals surface area (Å²) in [6, 6.07) is 8.10. The number of aryl methyl sites for hydroxylation is 1. The molecule has 0 fully saturated rings. The van der Waals surface area contributed by atoms with E-state index in [0.717, 1.165) is 13.0 Å². The van der Waals surface area contributed by atoms with Gasteiger partial charge in [0.1, 0.15) is 0 Å². The summed E-state index contributed by atoms with van der Waals surface area (Å²) in [6.07, 6.45) is 8.31. The molecule has 0 heterocycles. The quantitative estimate of drug-likeness (QED) is 0.781. The minimum Gasteiger partial charge on any atom is -0.338 e. The molecule has 0 aromatic heterocycles. The molecule has 2 amide bonds. The van der Waals surface area contributed by atoms with E-state index in [2.05, 4.69) is 35.8 Å². The Balaban J connectivity index is 1.74. The molecular formula is C18H26N2O. The number of nitrogens with one attached hydrogen (secondary N) is 2. The third kappa shape index (κ3) is 4.92. The first kappa shape index (κ1) is 15.6. The number of benzene rings is 1. The van der Waals surface area contributed by atoms with Crippen LogP contribution >= 0.6 is 0 Å². The average Bonchev–Trinajstić information content (AvgIpc) is 2.48. The minimum atomic E-state index is -0.0813. The summed E-state index contributed by atoms with van der Waals surface area (Å²) in [4.78, 5) is 11.9. The molecule has 21 heavy (non-hydrogen) atoms. The highest BCUT2D eigenvalue weighted by atomic mass is 16.2. The third-order valence-electron chi connectivity index (χ3n) is 4.12. The average molecular weight is 286 g/mol. The molecule has 1 aliphatic carbocycles. The van der Waals surface area contributed by atoms with Crippen molar-refractivity contribution in [3.63, 3.8) is 0 Å². The lowest BCUT2D eigenvalue weighted by Gasteiger charge is -2.18. The molecule has 2 rings (SSSR count). The van der Waals surface area contributed by atoms with Gasteiger partial charge in [-0.05, 0) is 57.1 Å². The molecule has 1 aromatic rings. The summed E-state index contributed by atoms with van der Waals surface area (Å²) in [7, 11) is 0. The lowest BCUT2D eigenvalue weighted by Crippen LogP contribution is -2.37. The standard InChI is InChI=1S/C18H26N2O/c1-14-8-6-7-11-17(14)15(2)20-18(21)19-13-12-16-9-4-3-5-10-16/h6-9,11,15H,3-5,10,12-13H2,1-2H3,(H2,19,20,21)/t15-/m0/s1. The van der Waals surface area contributed by atoms with E-state index in [0.29, 0.717) is 0 Å². The number of urea groups is 1. The monoisotopic (exact) mass is 286 g/mol. The van der Waals surface area contributed by atoms with E-state index in [4.69, 9.17) is 0 Å². The zero-order chi connectivity index (χ0) is 15.1. The van der Waals surface area contributed by atoms with Crippen molar-refractivity contribution in [1.82, 2.24) is 10.6 Å². The van der Waals surface area contributed by atoms with Crippen molar-refractivity contribution >= 4 is 6.03 Å². The lowest BCUT2D eigenvalue weighted by atomic mass is 9.97. The van der Waals surface area contributed by atoms with Gasteiger partial charge in [0, 0.05) is 6.54 Å². The van der Waals surface area contributed by atoms with Crippen molar-refractivity contribution in [3.8, 4) is 0 Å². The Morgan fingerprint density at radius 2 is 2.10 bits per heavy atom. The molecule has 3 heteroatoms. The number of carbonyl (C=O) groups excluding carboxylic acids is 1. The summed E-state index contributed by atoms with van der Waals surface area (Å²) in [5, 5.41) is 5.96. The molecule has 0 aliphatic heterocycles. The maximum atomic E-state index is 11.9. The molecular weight excluding hydrogens is 260 g/mol. The fraction of sp³-hybridized carbons (Fsp3) is 0.500. The fourth-order valence-electron chi connectivity index (χ4n) is 2.87. The number of amides is 2. The molecule has 114 valence electrons. The maximum Gasteiger partial charge on any atom is 0.315 e. The number of hydrogen-bond acceptors (Lipinski definition) is 1. The van der Waals surface area contributed by atoms with Crippen LogP contribution in [0.1, 0.15) is 56.2 Å². The fourth-order valence-corrected chi connectivity index (χ4v) is 2.87. The van der Waals surface area contributed by atoms with Gasteiger partial charge in [0.15, 0.2) is 0 Å². The molecule has 0 saturated heterocycles. The Labute approximate surface area is 127 Å². The normalized spacial score (nSPS) is 16.0. The molecule has 1 aliphatic rings.